The first-order valence-corrected chi connectivity index (χ1v) is 5.80. The van der Waals surface area contributed by atoms with Crippen LogP contribution in [0.1, 0.15) is 13.8 Å². The Morgan fingerprint density at radius 2 is 1.59 bits per heavy atom. The first kappa shape index (κ1) is 19.0. The van der Waals surface area contributed by atoms with Gasteiger partial charge in [0.2, 0.25) is 11.2 Å². The molecule has 0 radical (unpaired) electrons. The number of esters is 1. The van der Waals surface area contributed by atoms with Crippen molar-refractivity contribution in [3.63, 3.8) is 0 Å². The summed E-state index contributed by atoms with van der Waals surface area (Å²) in [7, 11) is 4.75. The molecule has 0 N–H and O–H groups in total. The molecule has 0 aromatic carbocycles. The average Bonchev–Trinajstić information content (AvgIpc) is 2.27. The zero-order valence-corrected chi connectivity index (χ0v) is 14.2. The molecular formula is C10H22O5SSi. The number of hydrogen-bond donors (Lipinski definition) is 0. The molecule has 0 aliphatic carbocycles. The van der Waals surface area contributed by atoms with Crippen molar-refractivity contribution in [3.05, 3.63) is 12.2 Å². The van der Waals surface area contributed by atoms with Gasteiger partial charge in [-0.25, -0.2) is 4.79 Å². The Balaban J connectivity index is 0. The minimum atomic E-state index is -1.22. The minimum Gasteiger partial charge on any atom is -0.429 e. The molecular weight excluding hydrogens is 260 g/mol. The summed E-state index contributed by atoms with van der Waals surface area (Å²) in [6.45, 7) is 6.73. The number of hydrogen-bond acceptors (Lipinski definition) is 5. The lowest BCUT2D eigenvalue weighted by molar-refractivity contribution is -0.336. The van der Waals surface area contributed by atoms with Crippen LogP contribution < -0.4 is 0 Å². The smallest absolute Gasteiger partial charge is 0.335 e. The summed E-state index contributed by atoms with van der Waals surface area (Å²) in [5.74, 6) is -1.67. The molecule has 0 amide bonds. The molecule has 0 fully saturated rings. The highest BCUT2D eigenvalue weighted by atomic mass is 32.1. The van der Waals surface area contributed by atoms with Gasteiger partial charge in [-0.15, -0.1) is 0 Å². The molecule has 1 atom stereocenters. The Morgan fingerprint density at radius 1 is 1.18 bits per heavy atom. The van der Waals surface area contributed by atoms with Crippen LogP contribution >= 0.6 is 13.5 Å². The second-order valence-electron chi connectivity index (χ2n) is 3.67. The Labute approximate surface area is 112 Å². The summed E-state index contributed by atoms with van der Waals surface area (Å²) in [6.07, 6.45) is 0. The van der Waals surface area contributed by atoms with Gasteiger partial charge in [0, 0.05) is 26.9 Å². The summed E-state index contributed by atoms with van der Waals surface area (Å²) < 4.78 is 20.9. The lowest BCUT2D eigenvalue weighted by atomic mass is 10.3. The van der Waals surface area contributed by atoms with E-state index in [-0.39, 0.29) is 13.5 Å². The van der Waals surface area contributed by atoms with Gasteiger partial charge in [0.1, 0.15) is 10.2 Å². The molecule has 0 aliphatic heterocycles. The predicted molar refractivity (Wildman–Crippen MR) is 73.4 cm³/mol. The molecule has 0 rings (SSSR count). The summed E-state index contributed by atoms with van der Waals surface area (Å²) in [5.41, 5.74) is -0.918. The van der Waals surface area contributed by atoms with Crippen LogP contribution in [0.4, 0.5) is 0 Å². The van der Waals surface area contributed by atoms with Crippen molar-refractivity contribution in [2.24, 2.45) is 0 Å². The molecule has 1 unspecified atom stereocenters. The third-order valence-corrected chi connectivity index (χ3v) is 4.15. The number of ether oxygens (including phenoxy) is 4. The van der Waals surface area contributed by atoms with E-state index in [1.807, 2.05) is 0 Å². The maximum Gasteiger partial charge on any atom is 0.335 e. The molecule has 0 saturated heterocycles. The van der Waals surface area contributed by atoms with Gasteiger partial charge in [-0.2, -0.15) is 13.5 Å². The highest BCUT2D eigenvalue weighted by Gasteiger charge is 2.49. The fourth-order valence-corrected chi connectivity index (χ4v) is 1.63. The van der Waals surface area contributed by atoms with Crippen molar-refractivity contribution in [2.45, 2.75) is 25.0 Å². The van der Waals surface area contributed by atoms with Gasteiger partial charge in [-0.05, 0) is 13.8 Å². The van der Waals surface area contributed by atoms with Crippen LogP contribution in [0.15, 0.2) is 12.2 Å². The van der Waals surface area contributed by atoms with Gasteiger partial charge in [-0.3, -0.25) is 0 Å². The topological polar surface area (TPSA) is 54.0 Å². The first-order valence-electron chi connectivity index (χ1n) is 4.80. The molecule has 0 aliphatic rings. The predicted octanol–water partition coefficient (Wildman–Crippen LogP) is -0.107. The van der Waals surface area contributed by atoms with E-state index in [9.17, 15) is 4.79 Å². The molecule has 102 valence electrons. The van der Waals surface area contributed by atoms with Crippen molar-refractivity contribution in [3.8, 4) is 0 Å². The molecule has 7 heteroatoms. The summed E-state index contributed by atoms with van der Waals surface area (Å²) >= 11 is 0. The molecule has 17 heavy (non-hydrogen) atoms. The molecule has 0 aromatic rings. The lowest BCUT2D eigenvalue weighted by Crippen LogP contribution is -2.59. The third kappa shape index (κ3) is 4.11. The quantitative estimate of drug-likeness (QED) is 0.294. The van der Waals surface area contributed by atoms with Gasteiger partial charge in [0.25, 0.3) is 0 Å². The largest absolute Gasteiger partial charge is 0.429 e. The minimum absolute atomic E-state index is 0. The molecule has 0 saturated carbocycles. The van der Waals surface area contributed by atoms with E-state index in [4.69, 9.17) is 18.9 Å². The zero-order chi connectivity index (χ0) is 13.0. The van der Waals surface area contributed by atoms with Crippen molar-refractivity contribution in [1.82, 2.24) is 0 Å². The van der Waals surface area contributed by atoms with Gasteiger partial charge < -0.3 is 18.9 Å². The van der Waals surface area contributed by atoms with Crippen molar-refractivity contribution in [1.29, 1.82) is 0 Å². The van der Waals surface area contributed by atoms with E-state index < -0.39 is 17.2 Å². The van der Waals surface area contributed by atoms with E-state index >= 15 is 0 Å². The Kier molecular flexibility index (Phi) is 8.02. The highest BCUT2D eigenvalue weighted by Crippen LogP contribution is 2.28. The van der Waals surface area contributed by atoms with E-state index in [0.29, 0.717) is 15.8 Å². The second kappa shape index (κ2) is 7.17. The number of carbonyl (C=O) groups excluding carboxylic acids is 1. The van der Waals surface area contributed by atoms with Gasteiger partial charge in [0.15, 0.2) is 0 Å². The van der Waals surface area contributed by atoms with Gasteiger partial charge >= 0.3 is 5.97 Å². The maximum atomic E-state index is 11.5. The van der Waals surface area contributed by atoms with Crippen LogP contribution in [-0.4, -0.2) is 48.7 Å². The average molecular weight is 282 g/mol. The summed E-state index contributed by atoms with van der Waals surface area (Å²) in [6, 6.07) is 0. The van der Waals surface area contributed by atoms with Gasteiger partial charge in [-0.1, -0.05) is 6.58 Å². The van der Waals surface area contributed by atoms with Crippen LogP contribution in [0.3, 0.4) is 0 Å². The SMILES string of the molecule is C=C(C)C(=O)OC([SiH3])(OC)C(C)(OC)OC.S. The normalized spacial score (nSPS) is 14.6. The van der Waals surface area contributed by atoms with E-state index in [0.717, 1.165) is 0 Å². The number of methoxy groups -OCH3 is 3. The Bertz CT molecular complexity index is 280. The van der Waals surface area contributed by atoms with Crippen LogP contribution in [0.2, 0.25) is 0 Å². The molecule has 0 heterocycles. The van der Waals surface area contributed by atoms with E-state index in [1.165, 1.54) is 21.3 Å². The van der Waals surface area contributed by atoms with Gasteiger partial charge in [0.05, 0.1) is 0 Å². The molecule has 0 spiro atoms. The van der Waals surface area contributed by atoms with Crippen LogP contribution in [0.5, 0.6) is 0 Å². The number of carbonyl (C=O) groups is 1. The maximum absolute atomic E-state index is 11.5. The molecule has 0 aromatic heterocycles. The third-order valence-electron chi connectivity index (χ3n) is 2.63. The fraction of sp³-hybridized carbons (Fsp3) is 0.700. The fourth-order valence-electron chi connectivity index (χ4n) is 1.04. The first-order chi connectivity index (χ1) is 7.26. The monoisotopic (exact) mass is 282 g/mol. The van der Waals surface area contributed by atoms with E-state index in [1.54, 1.807) is 13.8 Å². The van der Waals surface area contributed by atoms with Crippen LogP contribution in [0, 0.1) is 0 Å². The molecule has 5 nitrogen and oxygen atoms in total. The van der Waals surface area contributed by atoms with Crippen molar-refractivity contribution in [2.75, 3.05) is 21.3 Å². The van der Waals surface area contributed by atoms with Crippen molar-refractivity contribution >= 4 is 29.7 Å². The van der Waals surface area contributed by atoms with E-state index in [2.05, 4.69) is 6.58 Å². The Hall–Kier alpha value is -0.343. The Morgan fingerprint density at radius 3 is 1.82 bits per heavy atom. The standard InChI is InChI=1S/C10H20O5Si.H2S/c1-7(2)8(11)15-10(16,14-6)9(3,12-4)13-5;/h1H2,2-6,16H3;1H2. The van der Waals surface area contributed by atoms with Crippen LogP contribution in [0.25, 0.3) is 0 Å². The summed E-state index contributed by atoms with van der Waals surface area (Å²) in [4.78, 5) is 11.5. The second-order valence-corrected chi connectivity index (χ2v) is 4.99. The van der Waals surface area contributed by atoms with Crippen molar-refractivity contribution < 1.29 is 23.7 Å². The zero-order valence-electron chi connectivity index (χ0n) is 11.2. The summed E-state index contributed by atoms with van der Waals surface area (Å²) in [5, 5.41) is 0. The van der Waals surface area contributed by atoms with Crippen LogP contribution in [-0.2, 0) is 23.7 Å². The number of rotatable bonds is 6. The lowest BCUT2D eigenvalue weighted by Gasteiger charge is -2.41. The molecule has 0 bridgehead atoms. The highest BCUT2D eigenvalue weighted by molar-refractivity contribution is 7.59.